The SMILES string of the molecule is CC(C)c1nnc(Cc2cccc3ccccc23)o1. The molecule has 19 heavy (non-hydrogen) atoms. The first-order chi connectivity index (χ1) is 9.24. The second kappa shape index (κ2) is 4.84. The van der Waals surface area contributed by atoms with Gasteiger partial charge in [-0.25, -0.2) is 0 Å². The Kier molecular flexibility index (Phi) is 3.03. The van der Waals surface area contributed by atoms with Crippen LogP contribution in [0.25, 0.3) is 10.8 Å². The molecule has 0 unspecified atom stereocenters. The molecule has 0 saturated heterocycles. The van der Waals surface area contributed by atoms with Gasteiger partial charge in [0.15, 0.2) is 0 Å². The molecule has 0 amide bonds. The van der Waals surface area contributed by atoms with Gasteiger partial charge in [-0.3, -0.25) is 0 Å². The zero-order valence-corrected chi connectivity index (χ0v) is 11.1. The van der Waals surface area contributed by atoms with E-state index >= 15 is 0 Å². The Morgan fingerprint density at radius 3 is 2.58 bits per heavy atom. The molecule has 1 aromatic heterocycles. The van der Waals surface area contributed by atoms with Gasteiger partial charge in [0.2, 0.25) is 11.8 Å². The summed E-state index contributed by atoms with van der Waals surface area (Å²) >= 11 is 0. The summed E-state index contributed by atoms with van der Waals surface area (Å²) in [5.41, 5.74) is 1.22. The summed E-state index contributed by atoms with van der Waals surface area (Å²) in [6.07, 6.45) is 0.682. The van der Waals surface area contributed by atoms with Crippen LogP contribution in [0.3, 0.4) is 0 Å². The van der Waals surface area contributed by atoms with Crippen molar-refractivity contribution in [1.82, 2.24) is 10.2 Å². The van der Waals surface area contributed by atoms with Gasteiger partial charge in [-0.2, -0.15) is 0 Å². The molecule has 3 heteroatoms. The van der Waals surface area contributed by atoms with Crippen molar-refractivity contribution in [3.8, 4) is 0 Å². The molecule has 1 heterocycles. The van der Waals surface area contributed by atoms with Gasteiger partial charge in [-0.15, -0.1) is 10.2 Å². The molecule has 2 aromatic carbocycles. The summed E-state index contributed by atoms with van der Waals surface area (Å²) in [5, 5.41) is 10.7. The van der Waals surface area contributed by atoms with Crippen LogP contribution in [0.15, 0.2) is 46.9 Å². The molecule has 0 saturated carbocycles. The summed E-state index contributed by atoms with van der Waals surface area (Å²) in [4.78, 5) is 0. The molecule has 0 aliphatic heterocycles. The number of nitrogens with zero attached hydrogens (tertiary/aromatic N) is 2. The van der Waals surface area contributed by atoms with Gasteiger partial charge in [0.05, 0.1) is 6.42 Å². The molecule has 3 aromatic rings. The highest BCUT2D eigenvalue weighted by Gasteiger charge is 2.11. The van der Waals surface area contributed by atoms with Gasteiger partial charge in [-0.05, 0) is 16.3 Å². The number of hydrogen-bond donors (Lipinski definition) is 0. The first kappa shape index (κ1) is 11.9. The van der Waals surface area contributed by atoms with Crippen LogP contribution in [0.2, 0.25) is 0 Å². The number of benzene rings is 2. The summed E-state index contributed by atoms with van der Waals surface area (Å²) in [6, 6.07) is 14.6. The first-order valence-electron chi connectivity index (χ1n) is 6.53. The van der Waals surface area contributed by atoms with Crippen molar-refractivity contribution in [2.45, 2.75) is 26.2 Å². The predicted octanol–water partition coefficient (Wildman–Crippen LogP) is 3.94. The van der Waals surface area contributed by atoms with Crippen LogP contribution in [-0.4, -0.2) is 10.2 Å². The van der Waals surface area contributed by atoms with Crippen LogP contribution in [0, 0.1) is 0 Å². The number of rotatable bonds is 3. The second-order valence-corrected chi connectivity index (χ2v) is 5.00. The van der Waals surface area contributed by atoms with Gasteiger partial charge >= 0.3 is 0 Å². The van der Waals surface area contributed by atoms with Crippen molar-refractivity contribution >= 4 is 10.8 Å². The maximum absolute atomic E-state index is 5.68. The van der Waals surface area contributed by atoms with Crippen LogP contribution >= 0.6 is 0 Å². The van der Waals surface area contributed by atoms with E-state index < -0.39 is 0 Å². The molecular weight excluding hydrogens is 236 g/mol. The number of hydrogen-bond acceptors (Lipinski definition) is 3. The third kappa shape index (κ3) is 2.36. The van der Waals surface area contributed by atoms with Crippen LogP contribution in [0.4, 0.5) is 0 Å². The van der Waals surface area contributed by atoms with Gasteiger partial charge in [0.25, 0.3) is 0 Å². The topological polar surface area (TPSA) is 38.9 Å². The Hall–Kier alpha value is -2.16. The molecule has 0 fully saturated rings. The Bertz CT molecular complexity index is 695. The zero-order chi connectivity index (χ0) is 13.2. The molecule has 0 bridgehead atoms. The van der Waals surface area contributed by atoms with Crippen molar-refractivity contribution in [2.75, 3.05) is 0 Å². The minimum atomic E-state index is 0.272. The predicted molar refractivity (Wildman–Crippen MR) is 75.1 cm³/mol. The highest BCUT2D eigenvalue weighted by molar-refractivity contribution is 5.85. The summed E-state index contributed by atoms with van der Waals surface area (Å²) in [5.74, 6) is 1.66. The van der Waals surface area contributed by atoms with E-state index in [2.05, 4.69) is 66.5 Å². The van der Waals surface area contributed by atoms with Crippen LogP contribution < -0.4 is 0 Å². The zero-order valence-electron chi connectivity index (χ0n) is 11.1. The molecule has 0 N–H and O–H groups in total. The third-order valence-corrected chi connectivity index (χ3v) is 3.20. The molecule has 0 atom stereocenters. The molecular formula is C16H16N2O. The lowest BCUT2D eigenvalue weighted by molar-refractivity contribution is 0.439. The van der Waals surface area contributed by atoms with Crippen molar-refractivity contribution in [1.29, 1.82) is 0 Å². The molecule has 0 spiro atoms. The number of fused-ring (bicyclic) bond motifs is 1. The lowest BCUT2D eigenvalue weighted by Gasteiger charge is -2.03. The van der Waals surface area contributed by atoms with E-state index in [-0.39, 0.29) is 5.92 Å². The minimum Gasteiger partial charge on any atom is -0.425 e. The Labute approximate surface area is 112 Å². The van der Waals surface area contributed by atoms with E-state index in [1.54, 1.807) is 0 Å². The Morgan fingerprint density at radius 2 is 1.79 bits per heavy atom. The van der Waals surface area contributed by atoms with E-state index in [1.807, 2.05) is 0 Å². The van der Waals surface area contributed by atoms with Crippen molar-refractivity contribution in [2.24, 2.45) is 0 Å². The summed E-state index contributed by atoms with van der Waals surface area (Å²) in [7, 11) is 0. The monoisotopic (exact) mass is 252 g/mol. The number of aromatic nitrogens is 2. The standard InChI is InChI=1S/C16H16N2O/c1-11(2)16-18-17-15(19-16)10-13-8-5-7-12-6-3-4-9-14(12)13/h3-9,11H,10H2,1-2H3. The van der Waals surface area contributed by atoms with Crippen molar-refractivity contribution in [3.05, 3.63) is 59.8 Å². The maximum Gasteiger partial charge on any atom is 0.220 e. The summed E-state index contributed by atoms with van der Waals surface area (Å²) in [6.45, 7) is 4.10. The largest absolute Gasteiger partial charge is 0.425 e. The quantitative estimate of drug-likeness (QED) is 0.708. The average molecular weight is 252 g/mol. The fourth-order valence-electron chi connectivity index (χ4n) is 2.18. The van der Waals surface area contributed by atoms with E-state index in [4.69, 9.17) is 4.42 Å². The highest BCUT2D eigenvalue weighted by atomic mass is 16.4. The van der Waals surface area contributed by atoms with Gasteiger partial charge in [0.1, 0.15) is 0 Å². The smallest absolute Gasteiger partial charge is 0.220 e. The van der Waals surface area contributed by atoms with Gasteiger partial charge in [-0.1, -0.05) is 56.3 Å². The van der Waals surface area contributed by atoms with Gasteiger partial charge < -0.3 is 4.42 Å². The van der Waals surface area contributed by atoms with E-state index in [0.29, 0.717) is 18.2 Å². The lowest BCUT2D eigenvalue weighted by Crippen LogP contribution is -1.90. The lowest BCUT2D eigenvalue weighted by atomic mass is 10.0. The molecule has 0 aliphatic rings. The Balaban J connectivity index is 1.96. The van der Waals surface area contributed by atoms with Crippen molar-refractivity contribution in [3.63, 3.8) is 0 Å². The average Bonchev–Trinajstić information content (AvgIpc) is 2.88. The Morgan fingerprint density at radius 1 is 1.00 bits per heavy atom. The molecule has 3 rings (SSSR count). The van der Waals surface area contributed by atoms with E-state index in [9.17, 15) is 0 Å². The molecule has 0 aliphatic carbocycles. The third-order valence-electron chi connectivity index (χ3n) is 3.20. The highest BCUT2D eigenvalue weighted by Crippen LogP contribution is 2.21. The van der Waals surface area contributed by atoms with Gasteiger partial charge in [0, 0.05) is 5.92 Å². The van der Waals surface area contributed by atoms with E-state index in [1.165, 1.54) is 16.3 Å². The second-order valence-electron chi connectivity index (χ2n) is 5.00. The minimum absolute atomic E-state index is 0.272. The fourth-order valence-corrected chi connectivity index (χ4v) is 2.18. The van der Waals surface area contributed by atoms with Crippen LogP contribution in [0.5, 0.6) is 0 Å². The van der Waals surface area contributed by atoms with Crippen LogP contribution in [-0.2, 0) is 6.42 Å². The normalized spacial score (nSPS) is 11.3. The fraction of sp³-hybridized carbons (Fsp3) is 0.250. The molecule has 0 radical (unpaired) electrons. The molecule has 96 valence electrons. The first-order valence-corrected chi connectivity index (χ1v) is 6.53. The molecule has 3 nitrogen and oxygen atoms in total. The van der Waals surface area contributed by atoms with Crippen LogP contribution in [0.1, 0.15) is 37.1 Å². The van der Waals surface area contributed by atoms with Crippen molar-refractivity contribution < 1.29 is 4.42 Å². The van der Waals surface area contributed by atoms with E-state index in [0.717, 1.165) is 0 Å². The summed E-state index contributed by atoms with van der Waals surface area (Å²) < 4.78 is 5.68. The maximum atomic E-state index is 5.68.